The van der Waals surface area contributed by atoms with Crippen LogP contribution < -0.4 is 5.32 Å². The zero-order valence-electron chi connectivity index (χ0n) is 13.4. The zero-order valence-corrected chi connectivity index (χ0v) is 13.3. The normalized spacial score (nSPS) is 36.1. The van der Waals surface area contributed by atoms with Crippen LogP contribution in [0.25, 0.3) is 0 Å². The van der Waals surface area contributed by atoms with E-state index in [2.05, 4.69) is 24.3 Å². The van der Waals surface area contributed by atoms with Gasteiger partial charge in [0.15, 0.2) is 0 Å². The average molecular weight is 293 g/mol. The smallest absolute Gasteiger partial charge is 0.217 e. The molecule has 1 aliphatic rings. The van der Waals surface area contributed by atoms with Crippen LogP contribution in [-0.2, 0) is 14.1 Å². The van der Waals surface area contributed by atoms with Crippen LogP contribution in [0.5, 0.6) is 0 Å². The van der Waals surface area contributed by atoms with Gasteiger partial charge < -0.3 is 19.7 Å². The van der Waals surface area contributed by atoms with Crippen molar-refractivity contribution in [2.45, 2.75) is 39.0 Å². The Kier molecular flexibility index (Phi) is 6.02. The second-order valence-electron chi connectivity index (χ2n) is 5.43. The number of carbonyl (C=O) groups is 1. The molecule has 5 nitrogen and oxygen atoms in total. The Balaban J connectivity index is 2.78. The minimum Gasteiger partial charge on any atom is -0.394 e. The van der Waals surface area contributed by atoms with Crippen molar-refractivity contribution in [3.8, 4) is 0 Å². The minimum atomic E-state index is -0.473. The summed E-state index contributed by atoms with van der Waals surface area (Å²) in [6, 6.07) is -0.0700. The fourth-order valence-corrected chi connectivity index (χ4v) is 2.90. The Hall–Kier alpha value is -0.220. The molecule has 0 aromatic rings. The van der Waals surface area contributed by atoms with Crippen molar-refractivity contribution >= 4 is 14.1 Å². The van der Waals surface area contributed by atoms with E-state index in [1.54, 1.807) is 0 Å². The highest BCUT2D eigenvalue weighted by Gasteiger charge is 2.41. The molecular weight excluding hydrogens is 265 g/mol. The maximum Gasteiger partial charge on any atom is 0.217 e. The molecule has 1 fully saturated rings. The van der Waals surface area contributed by atoms with Gasteiger partial charge in [-0.05, 0) is 25.2 Å². The molecule has 0 aromatic carbocycles. The number of hydrogen-bond donors (Lipinski definition) is 2. The van der Waals surface area contributed by atoms with Crippen LogP contribution in [0.2, 0.25) is 0 Å². The molecule has 5 atom stereocenters. The van der Waals surface area contributed by atoms with E-state index in [0.29, 0.717) is 6.61 Å². The van der Waals surface area contributed by atoms with E-state index in [1.165, 1.54) is 6.92 Å². The lowest BCUT2D eigenvalue weighted by Gasteiger charge is -2.44. The van der Waals surface area contributed by atoms with Crippen molar-refractivity contribution in [1.82, 2.24) is 5.32 Å². The maximum atomic E-state index is 11.4. The number of carbonyl (C=O) groups excluding carboxylic acids is 1. The highest BCUT2D eigenvalue weighted by molar-refractivity contribution is 7.50. The lowest BCUT2D eigenvalue weighted by atomic mass is 9.80. The maximum absolute atomic E-state index is 11.4. The third kappa shape index (κ3) is 4.67. The number of nitrogens with one attached hydrogen (secondary N) is 1. The molecule has 0 bridgehead atoms. The van der Waals surface area contributed by atoms with Gasteiger partial charge in [0, 0.05) is 15.1 Å². The first kappa shape index (κ1) is 15.2. The average Bonchev–Trinajstić information content (AvgIpc) is 2.36. The van der Waals surface area contributed by atoms with Crippen LogP contribution in [-0.4, -0.2) is 57.2 Å². The predicted molar refractivity (Wildman–Crippen MR) is 76.4 cm³/mol. The third-order valence-electron chi connectivity index (χ3n) is 3.76. The predicted octanol–water partition coefficient (Wildman–Crippen LogP) is 1.20. The zero-order chi connectivity index (χ0) is 15.3. The van der Waals surface area contributed by atoms with Crippen LogP contribution >= 0.6 is 8.15 Å². The summed E-state index contributed by atoms with van der Waals surface area (Å²) in [6.07, 6.45) is -0.337. The number of ether oxygens (including phenoxy) is 1. The number of aliphatic hydroxyl groups excluding tert-OH is 1. The van der Waals surface area contributed by atoms with Gasteiger partial charge in [0.1, 0.15) is 6.10 Å². The molecule has 0 saturated carbocycles. The molecule has 1 rings (SSSR count). The third-order valence-corrected chi connectivity index (χ3v) is 4.43. The molecule has 1 aliphatic heterocycles. The Morgan fingerprint density at radius 2 is 2.11 bits per heavy atom. The highest BCUT2D eigenvalue weighted by Crippen LogP contribution is 2.33. The molecular formula is C13H26NO4P. The summed E-state index contributed by atoms with van der Waals surface area (Å²) in [5.74, 6) is 0.382. The van der Waals surface area contributed by atoms with Crippen molar-refractivity contribution < 1.29 is 19.2 Å². The van der Waals surface area contributed by atoms with E-state index in [-0.39, 0.29) is 42.6 Å². The molecule has 19 heavy (non-hydrogen) atoms. The van der Waals surface area contributed by atoms with Crippen molar-refractivity contribution in [1.29, 1.82) is 1.43 Å². The SMILES string of the molecule is [3H]OC[C@H]1O[C@@H](COP(C)C)C(NC(C)=O)[C@@H](C)C1C. The van der Waals surface area contributed by atoms with Crippen molar-refractivity contribution in [2.24, 2.45) is 11.8 Å². The number of amides is 1. The van der Waals surface area contributed by atoms with Crippen molar-refractivity contribution in [2.75, 3.05) is 26.5 Å². The fourth-order valence-electron chi connectivity index (χ4n) is 2.45. The Labute approximate surface area is 118 Å². The molecule has 1 saturated heterocycles. The quantitative estimate of drug-likeness (QED) is 0.722. The molecule has 0 aromatic heterocycles. The molecule has 112 valence electrons. The van der Waals surface area contributed by atoms with Crippen LogP contribution in [0, 0.1) is 11.8 Å². The van der Waals surface area contributed by atoms with E-state index < -0.39 is 8.15 Å². The van der Waals surface area contributed by atoms with Gasteiger partial charge >= 0.3 is 0 Å². The molecule has 1 amide bonds. The molecule has 0 aliphatic carbocycles. The van der Waals surface area contributed by atoms with Gasteiger partial charge in [-0.1, -0.05) is 13.8 Å². The lowest BCUT2D eigenvalue weighted by molar-refractivity contribution is -0.151. The fraction of sp³-hybridized carbons (Fsp3) is 0.923. The van der Waals surface area contributed by atoms with E-state index >= 15 is 0 Å². The Morgan fingerprint density at radius 1 is 1.42 bits per heavy atom. The number of rotatable bonds is 6. The van der Waals surface area contributed by atoms with Crippen molar-refractivity contribution in [3.05, 3.63) is 0 Å². The van der Waals surface area contributed by atoms with Gasteiger partial charge in [-0.2, -0.15) is 0 Å². The van der Waals surface area contributed by atoms with Crippen LogP contribution in [0.15, 0.2) is 0 Å². The first-order valence-corrected chi connectivity index (χ1v) is 8.83. The van der Waals surface area contributed by atoms with Gasteiger partial charge in [0.05, 0.1) is 25.4 Å². The molecule has 2 N–H and O–H groups in total. The first-order valence-electron chi connectivity index (χ1n) is 7.08. The van der Waals surface area contributed by atoms with Crippen LogP contribution in [0.4, 0.5) is 0 Å². The second-order valence-corrected chi connectivity index (χ2v) is 7.32. The summed E-state index contributed by atoms with van der Waals surface area (Å²) in [5.41, 5.74) is 0. The van der Waals surface area contributed by atoms with E-state index in [1.807, 2.05) is 13.3 Å². The Bertz CT molecular complexity index is 319. The highest BCUT2D eigenvalue weighted by atomic mass is 31.1. The van der Waals surface area contributed by atoms with Crippen LogP contribution in [0.3, 0.4) is 0 Å². The topological polar surface area (TPSA) is 67.8 Å². The van der Waals surface area contributed by atoms with E-state index in [0.717, 1.165) is 0 Å². The van der Waals surface area contributed by atoms with Crippen molar-refractivity contribution in [3.63, 3.8) is 0 Å². The van der Waals surface area contributed by atoms with Crippen LogP contribution in [0.1, 0.15) is 20.8 Å². The monoisotopic (exact) mass is 293 g/mol. The summed E-state index contributed by atoms with van der Waals surface area (Å²) in [5, 5.41) is 7.47. The Morgan fingerprint density at radius 3 is 2.63 bits per heavy atom. The van der Waals surface area contributed by atoms with Gasteiger partial charge in [-0.15, -0.1) is 0 Å². The van der Waals surface area contributed by atoms with Gasteiger partial charge in [0.25, 0.3) is 0 Å². The van der Waals surface area contributed by atoms with Gasteiger partial charge in [-0.3, -0.25) is 4.79 Å². The molecule has 0 spiro atoms. The molecule has 2 unspecified atom stereocenters. The minimum absolute atomic E-state index is 0.0619. The molecule has 0 radical (unpaired) electrons. The van der Waals surface area contributed by atoms with E-state index in [9.17, 15) is 4.79 Å². The van der Waals surface area contributed by atoms with Gasteiger partial charge in [0.2, 0.25) is 7.34 Å². The number of aliphatic hydroxyl groups is 1. The lowest BCUT2D eigenvalue weighted by Crippen LogP contribution is -2.58. The summed E-state index contributed by atoms with van der Waals surface area (Å²) in [7, 11) is -0.473. The second kappa shape index (κ2) is 7.53. The first-order chi connectivity index (χ1) is 9.36. The molecule has 1 heterocycles. The number of hydrogen-bond acceptors (Lipinski definition) is 4. The van der Waals surface area contributed by atoms with E-state index in [4.69, 9.17) is 10.7 Å². The summed E-state index contributed by atoms with van der Waals surface area (Å²) in [6.45, 7) is 10.4. The summed E-state index contributed by atoms with van der Waals surface area (Å²) >= 11 is 0. The van der Waals surface area contributed by atoms with Gasteiger partial charge in [-0.25, -0.2) is 0 Å². The summed E-state index contributed by atoms with van der Waals surface area (Å²) < 4.78 is 18.6. The summed E-state index contributed by atoms with van der Waals surface area (Å²) in [4.78, 5) is 11.4. The molecule has 6 heteroatoms. The standard InChI is InChI=1S/C13H26NO4P/c1-8-9(2)13(14-10(3)16)12(7-17-19(4)5)18-11(8)6-15/h8-9,11-13,15H,6-7H2,1-5H3,(H,14,16)/t8?,9-,11+,12-,13?/m0/s1/i15T. The largest absolute Gasteiger partial charge is 0.394 e.